The van der Waals surface area contributed by atoms with Crippen molar-refractivity contribution in [2.24, 2.45) is 7.05 Å². The number of benzene rings is 1. The molecule has 8 heteroatoms. The molecule has 7 nitrogen and oxygen atoms in total. The molecule has 128 valence electrons. The number of thioether (sulfide) groups is 1. The van der Waals surface area contributed by atoms with Crippen LogP contribution in [-0.4, -0.2) is 32.7 Å². The third-order valence-corrected chi connectivity index (χ3v) is 4.61. The predicted molar refractivity (Wildman–Crippen MR) is 98.7 cm³/mol. The summed E-state index contributed by atoms with van der Waals surface area (Å²) in [6, 6.07) is 11.3. The Morgan fingerprint density at radius 3 is 2.88 bits per heavy atom. The molecule has 0 spiro atoms. The van der Waals surface area contributed by atoms with Crippen LogP contribution in [0.5, 0.6) is 0 Å². The van der Waals surface area contributed by atoms with E-state index in [0.29, 0.717) is 5.69 Å². The Morgan fingerprint density at radius 1 is 1.24 bits per heavy atom. The van der Waals surface area contributed by atoms with Gasteiger partial charge in [0, 0.05) is 37.4 Å². The summed E-state index contributed by atoms with van der Waals surface area (Å²) in [4.78, 5) is 16.5. The van der Waals surface area contributed by atoms with E-state index in [-0.39, 0.29) is 5.91 Å². The third kappa shape index (κ3) is 4.36. The molecule has 0 saturated carbocycles. The van der Waals surface area contributed by atoms with Crippen LogP contribution in [0.4, 0.5) is 11.4 Å². The molecule has 2 N–H and O–H groups in total. The number of nitrogens with zero attached hydrogens (tertiary/aromatic N) is 4. The summed E-state index contributed by atoms with van der Waals surface area (Å²) >= 11 is 1.59. The molecule has 3 rings (SSSR count). The van der Waals surface area contributed by atoms with E-state index in [0.717, 1.165) is 27.8 Å². The molecule has 1 amide bonds. The lowest BCUT2D eigenvalue weighted by Crippen LogP contribution is -2.14. The Bertz CT molecular complexity index is 879. The zero-order valence-electron chi connectivity index (χ0n) is 13.9. The molecule has 0 saturated heterocycles. The van der Waals surface area contributed by atoms with Gasteiger partial charge in [-0.15, -0.1) is 10.2 Å². The van der Waals surface area contributed by atoms with Crippen molar-refractivity contribution < 1.29 is 4.79 Å². The van der Waals surface area contributed by atoms with Crippen LogP contribution in [0.3, 0.4) is 0 Å². The smallest absolute Gasteiger partial charge is 0.274 e. The zero-order chi connectivity index (χ0) is 17.6. The molecule has 3 aromatic rings. The number of amides is 1. The van der Waals surface area contributed by atoms with Crippen molar-refractivity contribution in [3.05, 3.63) is 60.2 Å². The van der Waals surface area contributed by atoms with Gasteiger partial charge >= 0.3 is 0 Å². The highest BCUT2D eigenvalue weighted by atomic mass is 32.2. The van der Waals surface area contributed by atoms with Crippen molar-refractivity contribution in [2.45, 2.75) is 10.9 Å². The minimum atomic E-state index is -0.241. The molecule has 0 atom stereocenters. The van der Waals surface area contributed by atoms with Crippen molar-refractivity contribution in [1.82, 2.24) is 19.7 Å². The van der Waals surface area contributed by atoms with E-state index in [9.17, 15) is 4.79 Å². The number of hydrogen-bond acceptors (Lipinski definition) is 6. The fraction of sp³-hybridized carbons (Fsp3) is 0.176. The van der Waals surface area contributed by atoms with Crippen LogP contribution in [-0.2, 0) is 12.8 Å². The third-order valence-electron chi connectivity index (χ3n) is 3.50. The summed E-state index contributed by atoms with van der Waals surface area (Å²) in [5, 5.41) is 14.6. The monoisotopic (exact) mass is 354 g/mol. The van der Waals surface area contributed by atoms with Crippen LogP contribution in [0.25, 0.3) is 0 Å². The number of anilines is 2. The maximum Gasteiger partial charge on any atom is 0.274 e. The van der Waals surface area contributed by atoms with Crippen LogP contribution in [0.1, 0.15) is 16.1 Å². The first-order valence-electron chi connectivity index (χ1n) is 7.66. The van der Waals surface area contributed by atoms with Gasteiger partial charge in [0.25, 0.3) is 5.91 Å². The first-order valence-corrected chi connectivity index (χ1v) is 8.65. The molecule has 2 heterocycles. The zero-order valence-corrected chi connectivity index (χ0v) is 14.7. The molecule has 0 bridgehead atoms. The number of hydrogen-bond donors (Lipinski definition) is 2. The van der Waals surface area contributed by atoms with Gasteiger partial charge < -0.3 is 15.2 Å². The molecule has 2 aromatic heterocycles. The summed E-state index contributed by atoms with van der Waals surface area (Å²) in [6.45, 7) is 0. The Hall–Kier alpha value is -2.87. The van der Waals surface area contributed by atoms with Gasteiger partial charge in [0.05, 0.1) is 0 Å². The van der Waals surface area contributed by atoms with Gasteiger partial charge in [0.1, 0.15) is 12.0 Å². The molecular formula is C17H18N6OS. The summed E-state index contributed by atoms with van der Waals surface area (Å²) in [7, 11) is 3.71. The molecule has 0 aliphatic heterocycles. The molecule has 25 heavy (non-hydrogen) atoms. The Balaban J connectivity index is 1.66. The van der Waals surface area contributed by atoms with Crippen LogP contribution < -0.4 is 10.6 Å². The lowest BCUT2D eigenvalue weighted by Gasteiger charge is -2.08. The highest BCUT2D eigenvalue weighted by Crippen LogP contribution is 2.22. The minimum absolute atomic E-state index is 0.241. The molecule has 0 aliphatic carbocycles. The summed E-state index contributed by atoms with van der Waals surface area (Å²) in [6.07, 6.45) is 3.28. The van der Waals surface area contributed by atoms with Crippen molar-refractivity contribution in [2.75, 3.05) is 17.7 Å². The quantitative estimate of drug-likeness (QED) is 0.662. The first-order chi connectivity index (χ1) is 12.2. The first kappa shape index (κ1) is 17.0. The number of aryl methyl sites for hydroxylation is 1. The molecule has 0 aliphatic rings. The number of nitrogens with one attached hydrogen (secondary N) is 2. The van der Waals surface area contributed by atoms with Gasteiger partial charge in [0.15, 0.2) is 5.16 Å². The molecule has 0 radical (unpaired) electrons. The molecular weight excluding hydrogens is 336 g/mol. The SMILES string of the molecule is CNc1ccnc(C(=O)Nc2cccc(CSc3nncn3C)c2)c1. The maximum atomic E-state index is 12.4. The van der Waals surface area contributed by atoms with Gasteiger partial charge in [0.2, 0.25) is 0 Å². The van der Waals surface area contributed by atoms with Gasteiger partial charge in [-0.05, 0) is 29.8 Å². The van der Waals surface area contributed by atoms with Gasteiger partial charge in [-0.25, -0.2) is 0 Å². The number of carbonyl (C=O) groups excluding carboxylic acids is 1. The average molecular weight is 354 g/mol. The second-order valence-corrected chi connectivity index (χ2v) is 6.29. The maximum absolute atomic E-state index is 12.4. The Labute approximate surface area is 149 Å². The van der Waals surface area contributed by atoms with E-state index in [2.05, 4.69) is 25.8 Å². The highest BCUT2D eigenvalue weighted by molar-refractivity contribution is 7.98. The van der Waals surface area contributed by atoms with Crippen LogP contribution in [0.2, 0.25) is 0 Å². The summed E-state index contributed by atoms with van der Waals surface area (Å²) in [5.41, 5.74) is 3.03. The van der Waals surface area contributed by atoms with E-state index in [4.69, 9.17) is 0 Å². The summed E-state index contributed by atoms with van der Waals surface area (Å²) < 4.78 is 1.87. The van der Waals surface area contributed by atoms with E-state index in [1.807, 2.05) is 35.9 Å². The number of pyridine rings is 1. The lowest BCUT2D eigenvalue weighted by atomic mass is 10.2. The van der Waals surface area contributed by atoms with Crippen molar-refractivity contribution >= 4 is 29.0 Å². The van der Waals surface area contributed by atoms with Crippen molar-refractivity contribution in [3.8, 4) is 0 Å². The predicted octanol–water partition coefficient (Wildman–Crippen LogP) is 2.80. The largest absolute Gasteiger partial charge is 0.388 e. The molecule has 1 aromatic carbocycles. The second kappa shape index (κ2) is 7.80. The molecule has 0 fully saturated rings. The van der Waals surface area contributed by atoms with Gasteiger partial charge in [-0.1, -0.05) is 23.9 Å². The Morgan fingerprint density at radius 2 is 2.12 bits per heavy atom. The normalized spacial score (nSPS) is 10.5. The fourth-order valence-electron chi connectivity index (χ4n) is 2.20. The van der Waals surface area contributed by atoms with E-state index < -0.39 is 0 Å². The number of aromatic nitrogens is 4. The van der Waals surface area contributed by atoms with Crippen molar-refractivity contribution in [3.63, 3.8) is 0 Å². The topological polar surface area (TPSA) is 84.7 Å². The van der Waals surface area contributed by atoms with E-state index in [1.54, 1.807) is 43.5 Å². The number of carbonyl (C=O) groups is 1. The van der Waals surface area contributed by atoms with Crippen molar-refractivity contribution in [1.29, 1.82) is 0 Å². The average Bonchev–Trinajstić information content (AvgIpc) is 3.05. The fourth-order valence-corrected chi connectivity index (χ4v) is 3.03. The van der Waals surface area contributed by atoms with Gasteiger partial charge in [-0.2, -0.15) is 0 Å². The van der Waals surface area contributed by atoms with Crippen LogP contribution in [0, 0.1) is 0 Å². The lowest BCUT2D eigenvalue weighted by molar-refractivity contribution is 0.102. The van der Waals surface area contributed by atoms with E-state index in [1.165, 1.54) is 0 Å². The summed E-state index contributed by atoms with van der Waals surface area (Å²) in [5.74, 6) is 0.499. The van der Waals surface area contributed by atoms with Crippen LogP contribution in [0.15, 0.2) is 54.1 Å². The number of rotatable bonds is 6. The Kier molecular flexibility index (Phi) is 5.30. The second-order valence-electron chi connectivity index (χ2n) is 5.35. The minimum Gasteiger partial charge on any atom is -0.388 e. The van der Waals surface area contributed by atoms with Gasteiger partial charge in [-0.3, -0.25) is 9.78 Å². The molecule has 0 unspecified atom stereocenters. The van der Waals surface area contributed by atoms with E-state index >= 15 is 0 Å². The highest BCUT2D eigenvalue weighted by Gasteiger charge is 2.09. The standard InChI is InChI=1S/C17H18N6OS/c1-18-13-6-7-19-15(9-13)16(24)21-14-5-3-4-12(8-14)10-25-17-22-20-11-23(17)2/h3-9,11H,10H2,1-2H3,(H,18,19)(H,21,24). The van der Waals surface area contributed by atoms with Crippen LogP contribution >= 0.6 is 11.8 Å².